The van der Waals surface area contributed by atoms with Crippen LogP contribution in [0.2, 0.25) is 5.54 Å². The Bertz CT molecular complexity index is 133. The van der Waals surface area contributed by atoms with Gasteiger partial charge in [-0.05, 0) is 6.42 Å². The van der Waals surface area contributed by atoms with Crippen molar-refractivity contribution in [3.8, 4) is 0 Å². The summed E-state index contributed by atoms with van der Waals surface area (Å²) in [6, 6.07) is 0. The first-order chi connectivity index (χ1) is 4.39. The van der Waals surface area contributed by atoms with Gasteiger partial charge in [0.05, 0.1) is 5.54 Å². The molecule has 1 N–H and O–H groups in total. The smallest absolute Gasteiger partial charge is 0.306 e. The predicted octanol–water partition coefficient (Wildman–Crippen LogP) is 2.97. The first-order valence-electron chi connectivity index (χ1n) is 2.69. The highest BCUT2D eigenvalue weighted by atomic mass is 80.0. The maximum atomic E-state index is 10.5. The number of rotatable bonds is 3. The first-order valence-corrected chi connectivity index (χ1v) is 11.5. The van der Waals surface area contributed by atoms with Gasteiger partial charge in [-0.25, -0.2) is 0 Å². The van der Waals surface area contributed by atoms with Crippen LogP contribution in [-0.2, 0) is 4.79 Å². The quantitative estimate of drug-likeness (QED) is 0.625. The van der Waals surface area contributed by atoms with E-state index in [-0.39, 0.29) is 5.54 Å². The second kappa shape index (κ2) is 4.23. The molecule has 0 rings (SSSR count). The Morgan fingerprint density at radius 2 is 2.00 bits per heavy atom. The average molecular weight is 355 g/mol. The van der Waals surface area contributed by atoms with Gasteiger partial charge in [-0.15, -0.1) is 0 Å². The molecule has 0 aromatic rings. The lowest BCUT2D eigenvalue weighted by Crippen LogP contribution is -2.24. The van der Waals surface area contributed by atoms with E-state index in [1.807, 2.05) is 6.92 Å². The van der Waals surface area contributed by atoms with Crippen molar-refractivity contribution in [1.82, 2.24) is 0 Å². The molecule has 60 valence electrons. The lowest BCUT2D eigenvalue weighted by atomic mass is 10.3. The summed E-state index contributed by atoms with van der Waals surface area (Å²) < 4.78 is -2.01. The third kappa shape index (κ3) is 3.50. The molecule has 0 saturated carbocycles. The Morgan fingerprint density at radius 3 is 2.00 bits per heavy atom. The van der Waals surface area contributed by atoms with E-state index in [1.165, 1.54) is 0 Å². The summed E-state index contributed by atoms with van der Waals surface area (Å²) in [6.07, 6.45) is 0.628. The summed E-state index contributed by atoms with van der Waals surface area (Å²) in [5, 5.41) is 8.65. The molecule has 6 heteroatoms. The summed E-state index contributed by atoms with van der Waals surface area (Å²) in [5.41, 5.74) is -0.326. The number of hydrogen-bond acceptors (Lipinski definition) is 1. The summed E-state index contributed by atoms with van der Waals surface area (Å²) >= 11 is 9.89. The number of hydrogen-bond donors (Lipinski definition) is 1. The Morgan fingerprint density at radius 1 is 1.60 bits per heavy atom. The molecule has 0 amide bonds. The predicted molar refractivity (Wildman–Crippen MR) is 54.2 cm³/mol. The van der Waals surface area contributed by atoms with Crippen LogP contribution in [0.5, 0.6) is 0 Å². The van der Waals surface area contributed by atoms with Gasteiger partial charge in [0.15, 0.2) is 0 Å². The molecule has 0 fully saturated rings. The molecule has 0 spiro atoms. The second-order valence-electron chi connectivity index (χ2n) is 1.84. The van der Waals surface area contributed by atoms with E-state index in [0.29, 0.717) is 6.42 Å². The molecule has 0 aliphatic heterocycles. The number of carboxylic acids is 1. The molecule has 2 nitrogen and oxygen atoms in total. The normalized spacial score (nSPS) is 14.8. The van der Waals surface area contributed by atoms with Crippen molar-refractivity contribution in [3.05, 3.63) is 0 Å². The molecule has 0 aromatic carbocycles. The number of aliphatic carboxylic acids is 1. The van der Waals surface area contributed by atoms with Gasteiger partial charge in [0.2, 0.25) is 0 Å². The van der Waals surface area contributed by atoms with E-state index >= 15 is 0 Å². The summed E-state index contributed by atoms with van der Waals surface area (Å²) in [6.45, 7) is 1.85. The van der Waals surface area contributed by atoms with Crippen molar-refractivity contribution in [1.29, 1.82) is 0 Å². The minimum atomic E-state index is -2.01. The van der Waals surface area contributed by atoms with Crippen molar-refractivity contribution >= 4 is 55.8 Å². The topological polar surface area (TPSA) is 37.3 Å². The third-order valence-corrected chi connectivity index (χ3v) is 7.52. The molecule has 0 aliphatic rings. The molecule has 0 aromatic heterocycles. The van der Waals surface area contributed by atoms with E-state index in [2.05, 4.69) is 45.9 Å². The molecule has 0 radical (unpaired) electrons. The van der Waals surface area contributed by atoms with Gasteiger partial charge >= 0.3 is 5.97 Å². The molecule has 1 atom stereocenters. The SMILES string of the molecule is CCC(C(=O)O)[Si](Br)(Br)Br. The monoisotopic (exact) mass is 352 g/mol. The van der Waals surface area contributed by atoms with Gasteiger partial charge in [-0.3, -0.25) is 4.79 Å². The van der Waals surface area contributed by atoms with Gasteiger partial charge in [0, 0.05) is 0 Å². The maximum Gasteiger partial charge on any atom is 0.306 e. The van der Waals surface area contributed by atoms with Gasteiger partial charge < -0.3 is 5.11 Å². The van der Waals surface area contributed by atoms with E-state index in [9.17, 15) is 4.79 Å². The fourth-order valence-electron chi connectivity index (χ4n) is 0.546. The van der Waals surface area contributed by atoms with Crippen molar-refractivity contribution in [2.45, 2.75) is 18.9 Å². The molecule has 0 saturated heterocycles. The van der Waals surface area contributed by atoms with Gasteiger partial charge in [0.25, 0.3) is 3.93 Å². The van der Waals surface area contributed by atoms with Crippen LogP contribution >= 0.6 is 45.9 Å². The average Bonchev–Trinajstić information content (AvgIpc) is 1.60. The van der Waals surface area contributed by atoms with Gasteiger partial charge in [-0.1, -0.05) is 52.8 Å². The zero-order valence-electron chi connectivity index (χ0n) is 5.27. The minimum absolute atomic E-state index is 0.326. The van der Waals surface area contributed by atoms with Crippen LogP contribution in [0.15, 0.2) is 0 Å². The molecular weight excluding hydrogens is 348 g/mol. The van der Waals surface area contributed by atoms with Crippen molar-refractivity contribution < 1.29 is 9.90 Å². The number of halogens is 3. The van der Waals surface area contributed by atoms with E-state index in [1.54, 1.807) is 0 Å². The van der Waals surface area contributed by atoms with Crippen LogP contribution in [0, 0.1) is 0 Å². The van der Waals surface area contributed by atoms with Crippen LogP contribution in [0.3, 0.4) is 0 Å². The largest absolute Gasteiger partial charge is 0.481 e. The van der Waals surface area contributed by atoms with Crippen LogP contribution in [0.4, 0.5) is 0 Å². The molecule has 10 heavy (non-hydrogen) atoms. The van der Waals surface area contributed by atoms with Crippen LogP contribution < -0.4 is 0 Å². The lowest BCUT2D eigenvalue weighted by Gasteiger charge is -2.16. The molecule has 1 unspecified atom stereocenters. The first kappa shape index (κ1) is 11.1. The Hall–Kier alpha value is 1.13. The maximum absolute atomic E-state index is 10.5. The second-order valence-corrected chi connectivity index (χ2v) is 24.5. The Balaban J connectivity index is 4.22. The van der Waals surface area contributed by atoms with Gasteiger partial charge in [0.1, 0.15) is 0 Å². The van der Waals surface area contributed by atoms with E-state index in [4.69, 9.17) is 5.11 Å². The lowest BCUT2D eigenvalue weighted by molar-refractivity contribution is -0.136. The third-order valence-electron chi connectivity index (χ3n) is 1.10. The summed E-state index contributed by atoms with van der Waals surface area (Å²) in [7, 11) is 0. The van der Waals surface area contributed by atoms with Crippen LogP contribution in [-0.4, -0.2) is 15.0 Å². The zero-order valence-corrected chi connectivity index (χ0v) is 11.0. The highest BCUT2D eigenvalue weighted by molar-refractivity contribution is 9.72. The molecule has 0 bridgehead atoms. The highest BCUT2D eigenvalue weighted by Gasteiger charge is 2.38. The Labute approximate surface area is 84.1 Å². The van der Waals surface area contributed by atoms with Crippen LogP contribution in [0.1, 0.15) is 13.3 Å². The van der Waals surface area contributed by atoms with Crippen molar-refractivity contribution in [2.75, 3.05) is 0 Å². The fraction of sp³-hybridized carbons (Fsp3) is 0.750. The Kier molecular flexibility index (Phi) is 4.70. The van der Waals surface area contributed by atoms with E-state index in [0.717, 1.165) is 0 Å². The highest BCUT2D eigenvalue weighted by Crippen LogP contribution is 2.41. The molecule has 0 aliphatic carbocycles. The summed E-state index contributed by atoms with van der Waals surface area (Å²) in [4.78, 5) is 10.5. The van der Waals surface area contributed by atoms with Crippen molar-refractivity contribution in [3.63, 3.8) is 0 Å². The van der Waals surface area contributed by atoms with Crippen LogP contribution in [0.25, 0.3) is 0 Å². The molecule has 0 heterocycles. The minimum Gasteiger partial charge on any atom is -0.481 e. The standard InChI is InChI=1S/C4H7Br3O2Si/c1-2-3(4(8)9)10(5,6)7/h3H,2H2,1H3,(H,8,9). The number of carboxylic acid groups (broad SMARTS) is 1. The molecular formula is C4H7Br3O2Si. The summed E-state index contributed by atoms with van der Waals surface area (Å²) in [5.74, 6) is -0.764. The fourth-order valence-corrected chi connectivity index (χ4v) is 5.97. The van der Waals surface area contributed by atoms with Gasteiger partial charge in [-0.2, -0.15) is 0 Å². The zero-order chi connectivity index (χ0) is 8.36. The number of carbonyl (C=O) groups is 1. The van der Waals surface area contributed by atoms with E-state index < -0.39 is 9.90 Å². The van der Waals surface area contributed by atoms with Crippen molar-refractivity contribution in [2.24, 2.45) is 0 Å².